The lowest BCUT2D eigenvalue weighted by Gasteiger charge is -2.41. The molecule has 2 nitrogen and oxygen atoms in total. The Hall–Kier alpha value is -5.02. The lowest BCUT2D eigenvalue weighted by Crippen LogP contribution is -2.60. The zero-order valence-electron chi connectivity index (χ0n) is 23.6. The van der Waals surface area contributed by atoms with E-state index in [-0.39, 0.29) is 12.3 Å². The highest BCUT2D eigenvalue weighted by atomic mass is 15.1. The Bertz CT molecular complexity index is 2290. The molecule has 0 fully saturated rings. The van der Waals surface area contributed by atoms with Crippen LogP contribution in [-0.4, -0.2) is 11.4 Å². The first-order valence-electron chi connectivity index (χ1n) is 14.9. The van der Waals surface area contributed by atoms with Crippen molar-refractivity contribution < 1.29 is 0 Å². The number of anilines is 2. The molecule has 6 aromatic carbocycles. The quantitative estimate of drug-likeness (QED) is 0.192. The van der Waals surface area contributed by atoms with Crippen LogP contribution in [0.2, 0.25) is 0 Å². The van der Waals surface area contributed by atoms with E-state index in [1.54, 1.807) is 0 Å². The van der Waals surface area contributed by atoms with Gasteiger partial charge in [-0.3, -0.25) is 0 Å². The second-order valence-electron chi connectivity index (χ2n) is 12.5. The molecule has 0 saturated carbocycles. The standard InChI is InChI=1S/C39H27BN2/c1-39(2)31-16-8-6-14-25(31)29-22-30-28-21-20-27-26-15-7-10-18-34(26)42(24-12-4-3-5-13-24)40-33-17-9-11-19-35(33)41(38(28)37(27)40)36(30)23-32(29)39/h3-23H,1-2H3. The molecule has 10 rings (SSSR count). The van der Waals surface area contributed by atoms with Gasteiger partial charge < -0.3 is 9.38 Å². The second-order valence-corrected chi connectivity index (χ2v) is 12.5. The first-order valence-corrected chi connectivity index (χ1v) is 14.9. The molecular formula is C39H27BN2. The van der Waals surface area contributed by atoms with E-state index in [1.807, 2.05) is 0 Å². The molecule has 0 N–H and O–H groups in total. The SMILES string of the molecule is CC1(C)c2ccccc2-c2cc3c4ccc5c6c4n(c3cc21)-c1ccccc1B6N(c1ccccc1)c1ccccc1-5. The van der Waals surface area contributed by atoms with Crippen LogP contribution in [0.5, 0.6) is 0 Å². The highest BCUT2D eigenvalue weighted by Gasteiger charge is 2.44. The third kappa shape index (κ3) is 2.59. The molecule has 0 saturated heterocycles. The van der Waals surface area contributed by atoms with Crippen LogP contribution in [0.4, 0.5) is 11.4 Å². The van der Waals surface area contributed by atoms with Gasteiger partial charge in [0.15, 0.2) is 0 Å². The molecule has 0 bridgehead atoms. The van der Waals surface area contributed by atoms with E-state index in [2.05, 4.69) is 151 Å². The van der Waals surface area contributed by atoms with Crippen molar-refractivity contribution >= 4 is 51.0 Å². The molecule has 42 heavy (non-hydrogen) atoms. The fourth-order valence-corrected chi connectivity index (χ4v) is 8.36. The van der Waals surface area contributed by atoms with Gasteiger partial charge in [0.05, 0.1) is 11.0 Å². The fraction of sp³-hybridized carbons (Fsp3) is 0.0769. The van der Waals surface area contributed by atoms with Crippen molar-refractivity contribution in [3.63, 3.8) is 0 Å². The number of hydrogen-bond acceptors (Lipinski definition) is 1. The van der Waals surface area contributed by atoms with E-state index in [1.165, 1.54) is 83.2 Å². The number of fused-ring (bicyclic) bond motifs is 11. The van der Waals surface area contributed by atoms with Gasteiger partial charge in [0.1, 0.15) is 0 Å². The number of benzene rings is 6. The minimum atomic E-state index is -0.0456. The normalized spacial score (nSPS) is 15.0. The maximum atomic E-state index is 2.58. The van der Waals surface area contributed by atoms with Crippen LogP contribution >= 0.6 is 0 Å². The summed E-state index contributed by atoms with van der Waals surface area (Å²) in [6, 6.07) is 47.6. The van der Waals surface area contributed by atoms with Crippen LogP contribution in [0.15, 0.2) is 127 Å². The summed E-state index contributed by atoms with van der Waals surface area (Å²) < 4.78 is 2.58. The van der Waals surface area contributed by atoms with Crippen molar-refractivity contribution in [3.8, 4) is 27.9 Å². The molecule has 196 valence electrons. The molecule has 0 amide bonds. The predicted molar refractivity (Wildman–Crippen MR) is 177 cm³/mol. The smallest absolute Gasteiger partial charge is 0.333 e. The molecule has 0 radical (unpaired) electrons. The number of rotatable bonds is 1. The zero-order chi connectivity index (χ0) is 27.7. The van der Waals surface area contributed by atoms with E-state index in [4.69, 9.17) is 0 Å². The van der Waals surface area contributed by atoms with Gasteiger partial charge in [-0.15, -0.1) is 0 Å². The molecule has 3 heteroatoms. The van der Waals surface area contributed by atoms with Crippen LogP contribution < -0.4 is 15.7 Å². The third-order valence-corrected chi connectivity index (χ3v) is 10.2. The minimum Gasteiger partial charge on any atom is -0.376 e. The van der Waals surface area contributed by atoms with Gasteiger partial charge in [0.2, 0.25) is 0 Å². The van der Waals surface area contributed by atoms with Crippen LogP contribution in [0.25, 0.3) is 49.7 Å². The van der Waals surface area contributed by atoms with Gasteiger partial charge in [0, 0.05) is 38.8 Å². The Morgan fingerprint density at radius 2 is 1.26 bits per heavy atom. The van der Waals surface area contributed by atoms with Gasteiger partial charge in [-0.25, -0.2) is 0 Å². The highest BCUT2D eigenvalue weighted by molar-refractivity contribution is 6.93. The Morgan fingerprint density at radius 1 is 0.548 bits per heavy atom. The number of para-hydroxylation sites is 3. The van der Waals surface area contributed by atoms with E-state index in [0.29, 0.717) is 0 Å². The van der Waals surface area contributed by atoms with E-state index >= 15 is 0 Å². The van der Waals surface area contributed by atoms with Gasteiger partial charge >= 0.3 is 6.85 Å². The highest BCUT2D eigenvalue weighted by Crippen LogP contribution is 2.52. The summed E-state index contributed by atoms with van der Waals surface area (Å²) in [6.45, 7) is 4.84. The molecule has 1 aliphatic carbocycles. The van der Waals surface area contributed by atoms with Crippen molar-refractivity contribution in [1.82, 2.24) is 4.57 Å². The summed E-state index contributed by atoms with van der Waals surface area (Å²) in [5.74, 6) is 0. The average molecular weight is 534 g/mol. The molecule has 0 unspecified atom stereocenters. The summed E-state index contributed by atoms with van der Waals surface area (Å²) in [4.78, 5) is 2.57. The van der Waals surface area contributed by atoms with Crippen molar-refractivity contribution in [2.75, 3.05) is 4.81 Å². The second kappa shape index (κ2) is 7.63. The van der Waals surface area contributed by atoms with Crippen molar-refractivity contribution in [3.05, 3.63) is 139 Å². The van der Waals surface area contributed by atoms with Crippen LogP contribution in [0, 0.1) is 0 Å². The summed E-state index contributed by atoms with van der Waals surface area (Å²) >= 11 is 0. The van der Waals surface area contributed by atoms with Gasteiger partial charge in [-0.2, -0.15) is 0 Å². The van der Waals surface area contributed by atoms with E-state index in [0.717, 1.165) is 0 Å². The van der Waals surface area contributed by atoms with Crippen molar-refractivity contribution in [2.24, 2.45) is 0 Å². The monoisotopic (exact) mass is 534 g/mol. The zero-order valence-corrected chi connectivity index (χ0v) is 23.6. The fourth-order valence-electron chi connectivity index (χ4n) is 8.36. The summed E-state index contributed by atoms with van der Waals surface area (Å²) in [5.41, 5.74) is 17.3. The Labute approximate surface area is 245 Å². The summed E-state index contributed by atoms with van der Waals surface area (Å²) in [5, 5.41) is 2.67. The van der Waals surface area contributed by atoms with Crippen LogP contribution in [0.1, 0.15) is 25.0 Å². The summed E-state index contributed by atoms with van der Waals surface area (Å²) in [7, 11) is 0. The third-order valence-electron chi connectivity index (χ3n) is 10.2. The van der Waals surface area contributed by atoms with Crippen LogP contribution in [-0.2, 0) is 5.41 Å². The van der Waals surface area contributed by atoms with Gasteiger partial charge in [-0.1, -0.05) is 105 Å². The average Bonchev–Trinajstić information content (AvgIpc) is 3.48. The Kier molecular flexibility index (Phi) is 4.11. The molecule has 1 aromatic heterocycles. The largest absolute Gasteiger partial charge is 0.376 e. The van der Waals surface area contributed by atoms with Gasteiger partial charge in [0.25, 0.3) is 0 Å². The number of hydrogen-bond donors (Lipinski definition) is 0. The molecule has 0 spiro atoms. The Morgan fingerprint density at radius 3 is 2.12 bits per heavy atom. The van der Waals surface area contributed by atoms with Crippen molar-refractivity contribution in [1.29, 1.82) is 0 Å². The van der Waals surface area contributed by atoms with E-state index < -0.39 is 0 Å². The first kappa shape index (κ1) is 22.6. The molecule has 2 aliphatic heterocycles. The lowest BCUT2D eigenvalue weighted by atomic mass is 9.44. The molecule has 0 atom stereocenters. The minimum absolute atomic E-state index is 0.0456. The Balaban J connectivity index is 1.39. The van der Waals surface area contributed by atoms with Gasteiger partial charge in [-0.05, 0) is 75.1 Å². The molecule has 3 aliphatic rings. The maximum absolute atomic E-state index is 2.58. The van der Waals surface area contributed by atoms with E-state index in [9.17, 15) is 0 Å². The molecular weight excluding hydrogens is 507 g/mol. The topological polar surface area (TPSA) is 8.17 Å². The molecule has 7 aromatic rings. The summed E-state index contributed by atoms with van der Waals surface area (Å²) in [6.07, 6.45) is 0. The van der Waals surface area contributed by atoms with Crippen molar-refractivity contribution in [2.45, 2.75) is 19.3 Å². The predicted octanol–water partition coefficient (Wildman–Crippen LogP) is 8.33. The van der Waals surface area contributed by atoms with Crippen LogP contribution in [0.3, 0.4) is 0 Å². The molecule has 3 heterocycles. The maximum Gasteiger partial charge on any atom is 0.333 e. The number of nitrogens with zero attached hydrogens (tertiary/aromatic N) is 2. The first-order chi connectivity index (χ1) is 20.6. The lowest BCUT2D eigenvalue weighted by molar-refractivity contribution is 0.661. The number of aromatic nitrogens is 1.